The summed E-state index contributed by atoms with van der Waals surface area (Å²) in [4.78, 5) is 44.5. The lowest BCUT2D eigenvalue weighted by Gasteiger charge is -2.43. The number of para-hydroxylation sites is 1. The summed E-state index contributed by atoms with van der Waals surface area (Å²) in [5.41, 5.74) is 0.900. The molecule has 0 radical (unpaired) electrons. The molecule has 1 unspecified atom stereocenters. The summed E-state index contributed by atoms with van der Waals surface area (Å²) in [5.74, 6) is -3.40. The van der Waals surface area contributed by atoms with Gasteiger partial charge in [0.25, 0.3) is 5.91 Å². The number of nitrogens with zero attached hydrogens (tertiary/aromatic N) is 1. The number of likely N-dealkylation sites (N-methyl/N-ethyl adjacent to an activating group) is 1. The molecular formula is C31H47F2N5O5+2. The normalized spacial score (nSPS) is 29.9. The molecule has 3 aliphatic heterocycles. The highest BCUT2D eigenvalue weighted by atomic mass is 19.3. The van der Waals surface area contributed by atoms with E-state index in [1.54, 1.807) is 24.2 Å². The summed E-state index contributed by atoms with van der Waals surface area (Å²) < 4.78 is 40.0. The van der Waals surface area contributed by atoms with Gasteiger partial charge in [0.05, 0.1) is 26.2 Å². The number of nitrogens with two attached hydrogens (primary N) is 1. The zero-order valence-electron chi connectivity index (χ0n) is 25.5. The lowest BCUT2D eigenvalue weighted by atomic mass is 9.81. The predicted octanol–water partition coefficient (Wildman–Crippen LogP) is -0.208. The first-order valence-electron chi connectivity index (χ1n) is 15.9. The van der Waals surface area contributed by atoms with Crippen molar-refractivity contribution in [2.24, 2.45) is 5.92 Å². The largest absolute Gasteiger partial charge is 0.493 e. The molecule has 0 aromatic heterocycles. The van der Waals surface area contributed by atoms with Gasteiger partial charge in [-0.3, -0.25) is 14.4 Å². The molecule has 3 amide bonds. The third-order valence-corrected chi connectivity index (χ3v) is 9.84. The van der Waals surface area contributed by atoms with Gasteiger partial charge in [-0.1, -0.05) is 18.2 Å². The maximum Gasteiger partial charge on any atom is 0.278 e. The summed E-state index contributed by atoms with van der Waals surface area (Å²) in [5, 5.41) is 7.85. The topological polar surface area (TPSA) is 118 Å². The molecular weight excluding hydrogens is 560 g/mol. The SMILES string of the molecule is CCO[C@@H]1C[C@@H]2CN(C(=O)[C@@H](NC(=O)[C@H](C)[NH2+]C)C3CCC(F)(F)CC3)[C@H](C(=O)N[C@@H]3CCOc4ccccc43)C[NH+]2C1. The molecule has 1 aromatic rings. The van der Waals surface area contributed by atoms with Crippen LogP contribution in [0.3, 0.4) is 0 Å². The highest BCUT2D eigenvalue weighted by Gasteiger charge is 2.51. The van der Waals surface area contributed by atoms with Crippen LogP contribution in [0.2, 0.25) is 0 Å². The number of rotatable bonds is 9. The second kappa shape index (κ2) is 13.4. The van der Waals surface area contributed by atoms with Gasteiger partial charge in [0.1, 0.15) is 37.0 Å². The van der Waals surface area contributed by atoms with Crippen LogP contribution in [0.4, 0.5) is 8.78 Å². The molecule has 2 saturated heterocycles. The van der Waals surface area contributed by atoms with Crippen LogP contribution in [0.15, 0.2) is 24.3 Å². The predicted molar refractivity (Wildman–Crippen MR) is 154 cm³/mol. The number of benzene rings is 1. The maximum atomic E-state index is 14.5. The molecule has 3 heterocycles. The number of alkyl halides is 2. The quantitative estimate of drug-likeness (QED) is 0.310. The smallest absolute Gasteiger partial charge is 0.278 e. The number of hydrogen-bond acceptors (Lipinski definition) is 5. The van der Waals surface area contributed by atoms with Crippen LogP contribution >= 0.6 is 0 Å². The molecule has 7 atom stereocenters. The van der Waals surface area contributed by atoms with Crippen molar-refractivity contribution in [2.45, 2.75) is 94.6 Å². The van der Waals surface area contributed by atoms with Gasteiger partial charge >= 0.3 is 0 Å². The minimum absolute atomic E-state index is 0.0446. The number of fused-ring (bicyclic) bond motifs is 2. The first-order valence-corrected chi connectivity index (χ1v) is 15.9. The Hall–Kier alpha value is -2.83. The molecule has 5 rings (SSSR count). The zero-order valence-corrected chi connectivity index (χ0v) is 25.5. The maximum absolute atomic E-state index is 14.5. The highest BCUT2D eigenvalue weighted by molar-refractivity contribution is 5.93. The van der Waals surface area contributed by atoms with Crippen LogP contribution in [-0.4, -0.2) is 98.7 Å². The standard InChI is InChI=1S/C31H45F2N5O5/c1-4-42-22-15-21-16-38(30(41)27(36-28(39)19(2)34-3)20-9-12-31(32,33)13-10-20)25(18-37(21)17-22)29(40)35-24-11-14-43-26-8-6-5-7-23(24)26/h5-8,19-22,24-25,27,34H,4,9-18H2,1-3H3,(H,35,40)(H,36,39)/p+2/t19-,21+,22+,24+,25-,27-/m0/s1. The van der Waals surface area contributed by atoms with E-state index < -0.39 is 30.0 Å². The Bertz CT molecular complexity index is 1160. The fourth-order valence-corrected chi connectivity index (χ4v) is 7.20. The number of hydrogen-bond donors (Lipinski definition) is 4. The second-order valence-corrected chi connectivity index (χ2v) is 12.6. The third-order valence-electron chi connectivity index (χ3n) is 9.84. The average molecular weight is 608 g/mol. The van der Waals surface area contributed by atoms with Crippen LogP contribution in [0.5, 0.6) is 5.75 Å². The minimum Gasteiger partial charge on any atom is -0.493 e. The van der Waals surface area contributed by atoms with Gasteiger partial charge in [-0.15, -0.1) is 0 Å². The van der Waals surface area contributed by atoms with Gasteiger partial charge in [0, 0.05) is 37.9 Å². The number of piperazine rings is 1. The van der Waals surface area contributed by atoms with Gasteiger partial charge in [-0.25, -0.2) is 8.78 Å². The Labute approximate surface area is 252 Å². The summed E-state index contributed by atoms with van der Waals surface area (Å²) in [7, 11) is 1.77. The van der Waals surface area contributed by atoms with E-state index in [4.69, 9.17) is 9.47 Å². The van der Waals surface area contributed by atoms with Gasteiger partial charge in [-0.2, -0.15) is 0 Å². The zero-order chi connectivity index (χ0) is 30.7. The summed E-state index contributed by atoms with van der Waals surface area (Å²) in [6, 6.07) is 5.26. The van der Waals surface area contributed by atoms with E-state index in [-0.39, 0.29) is 61.6 Å². The van der Waals surface area contributed by atoms with Crippen molar-refractivity contribution in [1.29, 1.82) is 0 Å². The van der Waals surface area contributed by atoms with E-state index >= 15 is 0 Å². The van der Waals surface area contributed by atoms with E-state index in [0.717, 1.165) is 24.3 Å². The van der Waals surface area contributed by atoms with Crippen molar-refractivity contribution in [3.63, 3.8) is 0 Å². The van der Waals surface area contributed by atoms with Crippen LogP contribution in [0, 0.1) is 5.92 Å². The fourth-order valence-electron chi connectivity index (χ4n) is 7.20. The molecule has 43 heavy (non-hydrogen) atoms. The first-order chi connectivity index (χ1) is 20.6. The van der Waals surface area contributed by atoms with E-state index in [9.17, 15) is 23.2 Å². The number of quaternary nitrogens is 2. The average Bonchev–Trinajstić information content (AvgIpc) is 3.40. The molecule has 0 spiro atoms. The molecule has 238 valence electrons. The number of halogens is 2. The molecule has 10 nitrogen and oxygen atoms in total. The molecule has 3 fully saturated rings. The molecule has 12 heteroatoms. The van der Waals surface area contributed by atoms with Gasteiger partial charge in [0.15, 0.2) is 12.1 Å². The van der Waals surface area contributed by atoms with Crippen molar-refractivity contribution < 1.29 is 42.9 Å². The van der Waals surface area contributed by atoms with Crippen LogP contribution in [-0.2, 0) is 19.1 Å². The van der Waals surface area contributed by atoms with Gasteiger partial charge in [-0.05, 0) is 38.7 Å². The van der Waals surface area contributed by atoms with Crippen LogP contribution in [0.1, 0.15) is 64.0 Å². The Morgan fingerprint density at radius 3 is 2.65 bits per heavy atom. The molecule has 5 N–H and O–H groups in total. The third kappa shape index (κ3) is 7.12. The van der Waals surface area contributed by atoms with Crippen molar-refractivity contribution in [2.75, 3.05) is 39.9 Å². The van der Waals surface area contributed by atoms with Crippen LogP contribution < -0.4 is 25.6 Å². The number of ether oxygens (including phenoxy) is 2. The van der Waals surface area contributed by atoms with Crippen molar-refractivity contribution in [3.8, 4) is 5.75 Å². The number of carbonyl (C=O) groups is 3. The monoisotopic (exact) mass is 607 g/mol. The van der Waals surface area contributed by atoms with E-state index in [0.29, 0.717) is 32.7 Å². The van der Waals surface area contributed by atoms with Crippen molar-refractivity contribution >= 4 is 17.7 Å². The first kappa shape index (κ1) is 31.6. The summed E-state index contributed by atoms with van der Waals surface area (Å²) in [6.07, 6.45) is 1.03. The number of nitrogens with one attached hydrogen (secondary N) is 3. The highest BCUT2D eigenvalue weighted by Crippen LogP contribution is 2.38. The molecule has 1 aromatic carbocycles. The van der Waals surface area contributed by atoms with Crippen molar-refractivity contribution in [3.05, 3.63) is 29.8 Å². The van der Waals surface area contributed by atoms with E-state index in [2.05, 4.69) is 10.6 Å². The number of amides is 3. The number of carbonyl (C=O) groups excluding carboxylic acids is 3. The Morgan fingerprint density at radius 1 is 1.19 bits per heavy atom. The molecule has 1 saturated carbocycles. The lowest BCUT2D eigenvalue weighted by molar-refractivity contribution is -0.919. The van der Waals surface area contributed by atoms with E-state index in [1.807, 2.05) is 31.2 Å². The Morgan fingerprint density at radius 2 is 1.93 bits per heavy atom. The van der Waals surface area contributed by atoms with Gasteiger partial charge in [0.2, 0.25) is 17.7 Å². The molecule has 0 bridgehead atoms. The van der Waals surface area contributed by atoms with Gasteiger partial charge < -0.3 is 35.2 Å². The second-order valence-electron chi connectivity index (χ2n) is 12.6. The molecule has 1 aliphatic carbocycles. The Kier molecular flexibility index (Phi) is 9.87. The van der Waals surface area contributed by atoms with E-state index in [1.165, 1.54) is 4.90 Å². The summed E-state index contributed by atoms with van der Waals surface area (Å²) >= 11 is 0. The lowest BCUT2D eigenvalue weighted by Crippen LogP contribution is -3.18. The Balaban J connectivity index is 1.41. The minimum atomic E-state index is -2.77. The summed E-state index contributed by atoms with van der Waals surface area (Å²) in [6.45, 7) is 6.27. The van der Waals surface area contributed by atoms with Crippen molar-refractivity contribution in [1.82, 2.24) is 15.5 Å². The molecule has 4 aliphatic rings. The van der Waals surface area contributed by atoms with Crippen LogP contribution in [0.25, 0.3) is 0 Å². The fraction of sp³-hybridized carbons (Fsp3) is 0.710.